The van der Waals surface area contributed by atoms with Crippen molar-refractivity contribution < 1.29 is 9.53 Å². The molecule has 1 aliphatic carbocycles. The molecular weight excluding hydrogens is 400 g/mol. The van der Waals surface area contributed by atoms with Crippen LogP contribution in [0.3, 0.4) is 0 Å². The van der Waals surface area contributed by atoms with Crippen LogP contribution < -0.4 is 15.4 Å². The Morgan fingerprint density at radius 1 is 1.23 bits per heavy atom. The van der Waals surface area contributed by atoms with Gasteiger partial charge in [-0.2, -0.15) is 0 Å². The van der Waals surface area contributed by atoms with Crippen molar-refractivity contribution in [1.82, 2.24) is 15.5 Å². The monoisotopic (exact) mass is 428 g/mol. The summed E-state index contributed by atoms with van der Waals surface area (Å²) in [4.78, 5) is 18.3. The molecule has 1 aliphatic rings. The van der Waals surface area contributed by atoms with Gasteiger partial charge in [0, 0.05) is 20.1 Å². The van der Waals surface area contributed by atoms with Crippen molar-refractivity contribution in [2.75, 3.05) is 27.7 Å². The number of likely N-dealkylation sites (N-methyl/N-ethyl adjacent to an activating group) is 1. The molecule has 0 saturated carbocycles. The van der Waals surface area contributed by atoms with Gasteiger partial charge in [0.25, 0.3) is 0 Å². The second-order valence-electron chi connectivity index (χ2n) is 7.63. The summed E-state index contributed by atoms with van der Waals surface area (Å²) in [6.07, 6.45) is 2.99. The molecule has 0 radical (unpaired) electrons. The van der Waals surface area contributed by atoms with E-state index in [2.05, 4.69) is 34.9 Å². The van der Waals surface area contributed by atoms with Gasteiger partial charge in [-0.1, -0.05) is 41.9 Å². The van der Waals surface area contributed by atoms with Crippen molar-refractivity contribution in [3.8, 4) is 5.75 Å². The highest BCUT2D eigenvalue weighted by Crippen LogP contribution is 2.25. The predicted octanol–water partition coefficient (Wildman–Crippen LogP) is 3.03. The molecule has 2 aromatic carbocycles. The number of benzene rings is 2. The minimum atomic E-state index is -0.00835. The summed E-state index contributed by atoms with van der Waals surface area (Å²) in [5.41, 5.74) is 3.75. The number of carbonyl (C=O) groups is 1. The summed E-state index contributed by atoms with van der Waals surface area (Å²) in [6.45, 7) is 0.629. The van der Waals surface area contributed by atoms with Crippen LogP contribution in [0.1, 0.15) is 23.1 Å². The standard InChI is InChI=1S/C23H29ClN4O2/c1-28(2)22(29)15-26-23(25-14-16-8-11-21(30-3)20(24)12-16)27-19-10-9-17-6-4-5-7-18(17)13-19/h4-8,11-12,19H,9-10,13-15H2,1-3H3,(H2,25,26,27). The lowest BCUT2D eigenvalue weighted by molar-refractivity contribution is -0.127. The van der Waals surface area contributed by atoms with Crippen LogP contribution in [0.4, 0.5) is 0 Å². The minimum Gasteiger partial charge on any atom is -0.495 e. The van der Waals surface area contributed by atoms with Crippen LogP contribution in [0.5, 0.6) is 5.75 Å². The van der Waals surface area contributed by atoms with Gasteiger partial charge in [-0.15, -0.1) is 0 Å². The molecule has 3 rings (SSSR count). The summed E-state index contributed by atoms with van der Waals surface area (Å²) in [5, 5.41) is 7.23. The van der Waals surface area contributed by atoms with Gasteiger partial charge in [-0.25, -0.2) is 4.99 Å². The number of guanidine groups is 1. The van der Waals surface area contributed by atoms with Crippen molar-refractivity contribution in [2.45, 2.75) is 31.8 Å². The first-order valence-corrected chi connectivity index (χ1v) is 10.5. The Kier molecular flexibility index (Phi) is 7.57. The Hall–Kier alpha value is -2.73. The molecule has 2 N–H and O–H groups in total. The molecule has 1 unspecified atom stereocenters. The van der Waals surface area contributed by atoms with E-state index in [1.54, 1.807) is 26.1 Å². The zero-order valence-electron chi connectivity index (χ0n) is 17.7. The fourth-order valence-corrected chi connectivity index (χ4v) is 3.74. The fourth-order valence-electron chi connectivity index (χ4n) is 3.46. The van der Waals surface area contributed by atoms with Gasteiger partial charge in [0.15, 0.2) is 5.96 Å². The lowest BCUT2D eigenvalue weighted by Gasteiger charge is -2.27. The first-order chi connectivity index (χ1) is 14.5. The Bertz CT molecular complexity index is 914. The van der Waals surface area contributed by atoms with E-state index < -0.39 is 0 Å². The molecule has 30 heavy (non-hydrogen) atoms. The largest absolute Gasteiger partial charge is 0.495 e. The quantitative estimate of drug-likeness (QED) is 0.548. The number of aryl methyl sites for hydroxylation is 1. The van der Waals surface area contributed by atoms with Gasteiger partial charge in [-0.05, 0) is 48.1 Å². The van der Waals surface area contributed by atoms with E-state index in [0.29, 0.717) is 23.3 Å². The van der Waals surface area contributed by atoms with Gasteiger partial charge in [0.2, 0.25) is 5.91 Å². The van der Waals surface area contributed by atoms with E-state index in [-0.39, 0.29) is 18.5 Å². The highest BCUT2D eigenvalue weighted by Gasteiger charge is 2.19. The zero-order chi connectivity index (χ0) is 21.5. The number of aliphatic imine (C=N–C) groups is 1. The van der Waals surface area contributed by atoms with Crippen LogP contribution in [0.25, 0.3) is 0 Å². The number of hydrogen-bond donors (Lipinski definition) is 2. The molecule has 0 aliphatic heterocycles. The molecule has 2 aromatic rings. The highest BCUT2D eigenvalue weighted by atomic mass is 35.5. The molecule has 0 fully saturated rings. The minimum absolute atomic E-state index is 0.00835. The van der Waals surface area contributed by atoms with Crippen LogP contribution in [-0.4, -0.2) is 50.6 Å². The summed E-state index contributed by atoms with van der Waals surface area (Å²) >= 11 is 6.23. The maximum Gasteiger partial charge on any atom is 0.241 e. The molecule has 0 bridgehead atoms. The average molecular weight is 429 g/mol. The summed E-state index contributed by atoms with van der Waals surface area (Å²) in [5.74, 6) is 1.26. The van der Waals surface area contributed by atoms with Gasteiger partial charge >= 0.3 is 0 Å². The van der Waals surface area contributed by atoms with Crippen LogP contribution in [0.15, 0.2) is 47.5 Å². The third kappa shape index (κ3) is 5.89. The number of amides is 1. The smallest absolute Gasteiger partial charge is 0.241 e. The topological polar surface area (TPSA) is 66.0 Å². The number of hydrogen-bond acceptors (Lipinski definition) is 3. The Morgan fingerprint density at radius 2 is 2.00 bits per heavy atom. The first-order valence-electron chi connectivity index (χ1n) is 10.1. The summed E-state index contributed by atoms with van der Waals surface area (Å²) in [6, 6.07) is 14.4. The van der Waals surface area contributed by atoms with E-state index in [4.69, 9.17) is 21.3 Å². The molecule has 160 valence electrons. The number of ether oxygens (including phenoxy) is 1. The van der Waals surface area contributed by atoms with E-state index >= 15 is 0 Å². The van der Waals surface area contributed by atoms with Crippen LogP contribution in [0.2, 0.25) is 5.02 Å². The number of carbonyl (C=O) groups excluding carboxylic acids is 1. The third-order valence-electron chi connectivity index (χ3n) is 5.23. The van der Waals surface area contributed by atoms with Crippen LogP contribution in [0, 0.1) is 0 Å². The van der Waals surface area contributed by atoms with Crippen LogP contribution in [-0.2, 0) is 24.2 Å². The maximum absolute atomic E-state index is 12.0. The third-order valence-corrected chi connectivity index (χ3v) is 5.52. The number of nitrogens with zero attached hydrogens (tertiary/aromatic N) is 2. The lowest BCUT2D eigenvalue weighted by Crippen LogP contribution is -2.48. The Morgan fingerprint density at radius 3 is 2.70 bits per heavy atom. The van der Waals surface area contributed by atoms with Crippen molar-refractivity contribution in [3.05, 3.63) is 64.2 Å². The molecule has 1 amide bonds. The van der Waals surface area contributed by atoms with Gasteiger partial charge in [0.05, 0.1) is 25.2 Å². The first kappa shape index (κ1) is 22.0. The summed E-state index contributed by atoms with van der Waals surface area (Å²) < 4.78 is 5.21. The average Bonchev–Trinajstić information content (AvgIpc) is 2.75. The number of nitrogens with one attached hydrogen (secondary N) is 2. The highest BCUT2D eigenvalue weighted by molar-refractivity contribution is 6.32. The number of halogens is 1. The second-order valence-corrected chi connectivity index (χ2v) is 8.04. The SMILES string of the molecule is COc1ccc(CN=C(NCC(=O)N(C)C)NC2CCc3ccccc3C2)cc1Cl. The molecule has 0 saturated heterocycles. The number of fused-ring (bicyclic) bond motifs is 1. The molecular formula is C23H29ClN4O2. The van der Waals surface area contributed by atoms with Crippen LogP contribution >= 0.6 is 11.6 Å². The van der Waals surface area contributed by atoms with E-state index in [1.807, 2.05) is 18.2 Å². The van der Waals surface area contributed by atoms with Crippen molar-refractivity contribution in [2.24, 2.45) is 4.99 Å². The summed E-state index contributed by atoms with van der Waals surface area (Å²) in [7, 11) is 5.08. The lowest BCUT2D eigenvalue weighted by atomic mass is 9.88. The molecule has 0 heterocycles. The van der Waals surface area contributed by atoms with Gasteiger partial charge in [-0.3, -0.25) is 4.79 Å². The van der Waals surface area contributed by atoms with Crippen molar-refractivity contribution in [1.29, 1.82) is 0 Å². The Balaban J connectivity index is 1.70. The van der Waals surface area contributed by atoms with Crippen molar-refractivity contribution >= 4 is 23.5 Å². The molecule has 0 spiro atoms. The maximum atomic E-state index is 12.0. The molecule has 0 aromatic heterocycles. The molecule has 1 atom stereocenters. The van der Waals surface area contributed by atoms with E-state index in [0.717, 1.165) is 24.8 Å². The molecule has 7 heteroatoms. The van der Waals surface area contributed by atoms with E-state index in [9.17, 15) is 4.79 Å². The zero-order valence-corrected chi connectivity index (χ0v) is 18.5. The van der Waals surface area contributed by atoms with Gasteiger partial charge < -0.3 is 20.3 Å². The van der Waals surface area contributed by atoms with Gasteiger partial charge in [0.1, 0.15) is 5.75 Å². The fraction of sp³-hybridized carbons (Fsp3) is 0.391. The molecule has 6 nitrogen and oxygen atoms in total. The van der Waals surface area contributed by atoms with Crippen molar-refractivity contribution in [3.63, 3.8) is 0 Å². The normalized spacial score (nSPS) is 15.9. The predicted molar refractivity (Wildman–Crippen MR) is 121 cm³/mol. The Labute approximate surface area is 183 Å². The van der Waals surface area contributed by atoms with E-state index in [1.165, 1.54) is 11.1 Å². The number of rotatable bonds is 6. The second kappa shape index (κ2) is 10.3. The number of methoxy groups -OCH3 is 1.